The summed E-state index contributed by atoms with van der Waals surface area (Å²) < 4.78 is 0. The van der Waals surface area contributed by atoms with Gasteiger partial charge >= 0.3 is 0 Å². The largest absolute Gasteiger partial charge is 0.342 e. The first-order chi connectivity index (χ1) is 11.4. The number of amides is 1. The molecule has 2 heterocycles. The Morgan fingerprint density at radius 1 is 1.25 bits per heavy atom. The van der Waals surface area contributed by atoms with Gasteiger partial charge in [-0.05, 0) is 61.9 Å². The maximum absolute atomic E-state index is 12.8. The molecule has 4 heteroatoms. The molecule has 0 radical (unpaired) electrons. The molecule has 2 saturated heterocycles. The lowest BCUT2D eigenvalue weighted by Crippen LogP contribution is -2.48. The predicted molar refractivity (Wildman–Crippen MR) is 99.0 cm³/mol. The lowest BCUT2D eigenvalue weighted by Gasteiger charge is -2.41. The summed E-state index contributed by atoms with van der Waals surface area (Å²) >= 11 is 6.07. The molecule has 1 aromatic rings. The summed E-state index contributed by atoms with van der Waals surface area (Å²) in [5, 5.41) is 0.797. The summed E-state index contributed by atoms with van der Waals surface area (Å²) in [6.45, 7) is 9.36. The van der Waals surface area contributed by atoms with Crippen molar-refractivity contribution in [2.24, 2.45) is 11.3 Å². The second kappa shape index (κ2) is 7.45. The van der Waals surface area contributed by atoms with Crippen molar-refractivity contribution < 1.29 is 4.79 Å². The van der Waals surface area contributed by atoms with E-state index in [-0.39, 0.29) is 11.3 Å². The van der Waals surface area contributed by atoms with Crippen molar-refractivity contribution in [2.75, 3.05) is 26.2 Å². The van der Waals surface area contributed by atoms with Gasteiger partial charge in [0.15, 0.2) is 0 Å². The van der Waals surface area contributed by atoms with Gasteiger partial charge in [-0.25, -0.2) is 0 Å². The molecular weight excluding hydrogens is 320 g/mol. The van der Waals surface area contributed by atoms with Gasteiger partial charge in [0.1, 0.15) is 0 Å². The van der Waals surface area contributed by atoms with E-state index in [1.54, 1.807) is 0 Å². The topological polar surface area (TPSA) is 23.6 Å². The third kappa shape index (κ3) is 4.52. The van der Waals surface area contributed by atoms with Crippen LogP contribution in [0.15, 0.2) is 24.3 Å². The summed E-state index contributed by atoms with van der Waals surface area (Å²) in [5.41, 5.74) is 1.53. The Morgan fingerprint density at radius 2 is 2.00 bits per heavy atom. The lowest BCUT2D eigenvalue weighted by atomic mass is 9.83. The molecule has 1 aromatic carbocycles. The van der Waals surface area contributed by atoms with Crippen molar-refractivity contribution in [3.63, 3.8) is 0 Å². The number of hydrogen-bond acceptors (Lipinski definition) is 2. The minimum atomic E-state index is 0.217. The number of carbonyl (C=O) groups excluding carboxylic acids is 1. The van der Waals surface area contributed by atoms with Gasteiger partial charge in [0, 0.05) is 30.6 Å². The van der Waals surface area contributed by atoms with Crippen LogP contribution in [0.5, 0.6) is 0 Å². The molecule has 0 saturated carbocycles. The number of nitrogens with zero attached hydrogens (tertiary/aromatic N) is 2. The number of rotatable bonds is 3. The van der Waals surface area contributed by atoms with E-state index in [1.165, 1.54) is 12.0 Å². The molecule has 0 unspecified atom stereocenters. The average molecular weight is 349 g/mol. The highest BCUT2D eigenvalue weighted by atomic mass is 35.5. The Kier molecular flexibility index (Phi) is 5.51. The van der Waals surface area contributed by atoms with E-state index in [0.717, 1.165) is 57.0 Å². The van der Waals surface area contributed by atoms with Gasteiger partial charge in [0.05, 0.1) is 0 Å². The van der Waals surface area contributed by atoms with E-state index in [9.17, 15) is 4.79 Å². The normalized spacial score (nSPS) is 22.5. The van der Waals surface area contributed by atoms with Crippen molar-refractivity contribution in [2.45, 2.75) is 46.1 Å². The van der Waals surface area contributed by atoms with Crippen molar-refractivity contribution >= 4 is 17.5 Å². The molecule has 0 aromatic heterocycles. The van der Waals surface area contributed by atoms with Crippen molar-refractivity contribution in [3.05, 3.63) is 34.9 Å². The Hall–Kier alpha value is -1.06. The molecule has 3 rings (SSSR count). The quantitative estimate of drug-likeness (QED) is 0.817. The molecule has 2 fully saturated rings. The van der Waals surface area contributed by atoms with E-state index >= 15 is 0 Å². The molecule has 0 bridgehead atoms. The molecule has 0 atom stereocenters. The molecule has 0 spiro atoms. The van der Waals surface area contributed by atoms with Gasteiger partial charge < -0.3 is 4.90 Å². The zero-order chi connectivity index (χ0) is 17.2. The van der Waals surface area contributed by atoms with Crippen LogP contribution in [0.25, 0.3) is 0 Å². The van der Waals surface area contributed by atoms with Crippen LogP contribution >= 0.6 is 11.6 Å². The average Bonchev–Trinajstić information content (AvgIpc) is 2.54. The second-order valence-corrected chi connectivity index (χ2v) is 8.64. The smallest absolute Gasteiger partial charge is 0.225 e. The number of likely N-dealkylation sites (tertiary alicyclic amines) is 2. The van der Waals surface area contributed by atoms with Gasteiger partial charge in [0.25, 0.3) is 0 Å². The summed E-state index contributed by atoms with van der Waals surface area (Å²) in [6, 6.07) is 8.08. The van der Waals surface area contributed by atoms with Crippen LogP contribution in [0.2, 0.25) is 5.02 Å². The highest BCUT2D eigenvalue weighted by molar-refractivity contribution is 6.30. The van der Waals surface area contributed by atoms with E-state index in [1.807, 2.05) is 18.2 Å². The summed E-state index contributed by atoms with van der Waals surface area (Å²) in [6.07, 6.45) is 4.34. The minimum absolute atomic E-state index is 0.217. The van der Waals surface area contributed by atoms with Gasteiger partial charge in [-0.3, -0.25) is 9.69 Å². The first-order valence-electron chi connectivity index (χ1n) is 9.19. The van der Waals surface area contributed by atoms with Crippen LogP contribution in [0.4, 0.5) is 0 Å². The van der Waals surface area contributed by atoms with E-state index in [2.05, 4.69) is 29.7 Å². The molecule has 3 nitrogen and oxygen atoms in total. The van der Waals surface area contributed by atoms with Crippen molar-refractivity contribution in [3.8, 4) is 0 Å². The van der Waals surface area contributed by atoms with E-state index in [4.69, 9.17) is 11.6 Å². The molecule has 2 aliphatic rings. The van der Waals surface area contributed by atoms with E-state index < -0.39 is 0 Å². The Bertz CT molecular complexity index is 579. The Labute approximate surface area is 151 Å². The van der Waals surface area contributed by atoms with Crippen LogP contribution in [0.3, 0.4) is 0 Å². The van der Waals surface area contributed by atoms with Crippen molar-refractivity contribution in [1.82, 2.24) is 9.80 Å². The molecule has 1 amide bonds. The molecule has 24 heavy (non-hydrogen) atoms. The summed E-state index contributed by atoms with van der Waals surface area (Å²) in [7, 11) is 0. The van der Waals surface area contributed by atoms with Crippen LogP contribution in [0, 0.1) is 11.3 Å². The maximum atomic E-state index is 12.8. The zero-order valence-electron chi connectivity index (χ0n) is 14.9. The van der Waals surface area contributed by atoms with Crippen molar-refractivity contribution in [1.29, 1.82) is 0 Å². The van der Waals surface area contributed by atoms with Gasteiger partial charge in [-0.15, -0.1) is 0 Å². The zero-order valence-corrected chi connectivity index (χ0v) is 15.7. The summed E-state index contributed by atoms with van der Waals surface area (Å²) in [5.74, 6) is 0.611. The fourth-order valence-electron chi connectivity index (χ4n) is 4.10. The molecule has 0 aliphatic carbocycles. The first-order valence-corrected chi connectivity index (χ1v) is 9.56. The fraction of sp³-hybridized carbons (Fsp3) is 0.650. The number of hydrogen-bond donors (Lipinski definition) is 0. The highest BCUT2D eigenvalue weighted by Gasteiger charge is 2.33. The molecule has 2 aliphatic heterocycles. The number of halogens is 1. The molecule has 0 N–H and O–H groups in total. The van der Waals surface area contributed by atoms with Crippen LogP contribution < -0.4 is 0 Å². The SMILES string of the molecule is CC1(C)CCCN(C(=O)C2CCN(Cc3cccc(Cl)c3)CC2)C1. The number of piperidine rings is 2. The maximum Gasteiger partial charge on any atom is 0.225 e. The summed E-state index contributed by atoms with van der Waals surface area (Å²) in [4.78, 5) is 17.4. The first kappa shape index (κ1) is 17.8. The standard InChI is InChI=1S/C20H29ClN2O/c1-20(2)9-4-10-23(15-20)19(24)17-7-11-22(12-8-17)14-16-5-3-6-18(21)13-16/h3,5-6,13,17H,4,7-12,14-15H2,1-2H3. The number of benzene rings is 1. The predicted octanol–water partition coefficient (Wildman–Crippen LogP) is 4.20. The van der Waals surface area contributed by atoms with Crippen LogP contribution in [-0.2, 0) is 11.3 Å². The van der Waals surface area contributed by atoms with Gasteiger partial charge in [-0.1, -0.05) is 37.6 Å². The third-order valence-corrected chi connectivity index (χ3v) is 5.68. The second-order valence-electron chi connectivity index (χ2n) is 8.21. The molecular formula is C20H29ClN2O. The Balaban J connectivity index is 1.50. The van der Waals surface area contributed by atoms with E-state index in [0.29, 0.717) is 5.91 Å². The fourth-order valence-corrected chi connectivity index (χ4v) is 4.31. The highest BCUT2D eigenvalue weighted by Crippen LogP contribution is 2.30. The Morgan fingerprint density at radius 3 is 2.67 bits per heavy atom. The molecule has 132 valence electrons. The third-order valence-electron chi connectivity index (χ3n) is 5.44. The van der Waals surface area contributed by atoms with Gasteiger partial charge in [0.2, 0.25) is 5.91 Å². The minimum Gasteiger partial charge on any atom is -0.342 e. The van der Waals surface area contributed by atoms with Crippen LogP contribution in [-0.4, -0.2) is 41.9 Å². The van der Waals surface area contributed by atoms with Crippen LogP contribution in [0.1, 0.15) is 45.1 Å². The number of carbonyl (C=O) groups is 1. The lowest BCUT2D eigenvalue weighted by molar-refractivity contribution is -0.140. The monoisotopic (exact) mass is 348 g/mol. The van der Waals surface area contributed by atoms with Gasteiger partial charge in [-0.2, -0.15) is 0 Å².